The first kappa shape index (κ1) is 17.1. The first-order valence-corrected chi connectivity index (χ1v) is 9.22. The molecule has 4 aromatic rings. The average Bonchev–Trinajstić information content (AvgIpc) is 3.12. The minimum absolute atomic E-state index is 0.181. The molecule has 2 aromatic heterocycles. The zero-order valence-electron chi connectivity index (χ0n) is 15.3. The fraction of sp³-hybridized carbons (Fsp3) is 0.182. The molecule has 4 rings (SSSR count). The van der Waals surface area contributed by atoms with E-state index < -0.39 is 0 Å². The van der Waals surface area contributed by atoms with E-state index in [0.717, 1.165) is 18.9 Å². The fourth-order valence-electron chi connectivity index (χ4n) is 3.19. The Balaban J connectivity index is 1.36. The first-order valence-electron chi connectivity index (χ1n) is 9.22. The largest absolute Gasteiger partial charge is 0.363 e. The summed E-state index contributed by atoms with van der Waals surface area (Å²) < 4.78 is 2.24. The van der Waals surface area contributed by atoms with Gasteiger partial charge >= 0.3 is 0 Å². The SMILES string of the molecule is CC(Nc1ccnc(NCCn2ccc3ccccc32)n1)c1ccccc1. The molecule has 27 heavy (non-hydrogen) atoms. The van der Waals surface area contributed by atoms with E-state index in [1.807, 2.05) is 24.3 Å². The lowest BCUT2D eigenvalue weighted by Crippen LogP contribution is -2.13. The topological polar surface area (TPSA) is 54.8 Å². The third kappa shape index (κ3) is 4.08. The number of aromatic nitrogens is 3. The van der Waals surface area contributed by atoms with Gasteiger partial charge in [-0.2, -0.15) is 4.98 Å². The van der Waals surface area contributed by atoms with Crippen LogP contribution in [0.1, 0.15) is 18.5 Å². The molecule has 5 heteroatoms. The van der Waals surface area contributed by atoms with E-state index in [9.17, 15) is 0 Å². The number of benzene rings is 2. The third-order valence-corrected chi connectivity index (χ3v) is 4.64. The Kier molecular flexibility index (Phi) is 5.01. The van der Waals surface area contributed by atoms with Crippen LogP contribution in [0.4, 0.5) is 11.8 Å². The maximum Gasteiger partial charge on any atom is 0.224 e. The standard InChI is InChI=1S/C22H23N5/c1-17(18-7-3-2-4-8-18)25-21-11-13-23-22(26-21)24-14-16-27-15-12-19-9-5-6-10-20(19)27/h2-13,15,17H,14,16H2,1H3,(H2,23,24,25,26). The Bertz CT molecular complexity index is 1010. The summed E-state index contributed by atoms with van der Waals surface area (Å²) >= 11 is 0. The highest BCUT2D eigenvalue weighted by Gasteiger charge is 2.06. The van der Waals surface area contributed by atoms with Crippen molar-refractivity contribution in [2.24, 2.45) is 0 Å². The lowest BCUT2D eigenvalue weighted by atomic mass is 10.1. The van der Waals surface area contributed by atoms with Crippen LogP contribution < -0.4 is 10.6 Å². The van der Waals surface area contributed by atoms with Gasteiger partial charge in [-0.1, -0.05) is 48.5 Å². The molecule has 1 atom stereocenters. The van der Waals surface area contributed by atoms with Crippen molar-refractivity contribution in [3.63, 3.8) is 0 Å². The minimum Gasteiger partial charge on any atom is -0.363 e. The number of fused-ring (bicyclic) bond motifs is 1. The summed E-state index contributed by atoms with van der Waals surface area (Å²) in [5.74, 6) is 1.45. The van der Waals surface area contributed by atoms with Crippen molar-refractivity contribution in [1.82, 2.24) is 14.5 Å². The summed E-state index contributed by atoms with van der Waals surface area (Å²) in [4.78, 5) is 8.91. The first-order chi connectivity index (χ1) is 13.3. The molecular weight excluding hydrogens is 334 g/mol. The van der Waals surface area contributed by atoms with Crippen LogP contribution in [0, 0.1) is 0 Å². The smallest absolute Gasteiger partial charge is 0.224 e. The monoisotopic (exact) mass is 357 g/mol. The van der Waals surface area contributed by atoms with E-state index in [4.69, 9.17) is 0 Å². The Morgan fingerprint density at radius 2 is 1.78 bits per heavy atom. The number of hydrogen-bond donors (Lipinski definition) is 2. The third-order valence-electron chi connectivity index (χ3n) is 4.64. The van der Waals surface area contributed by atoms with Crippen LogP contribution in [0.25, 0.3) is 10.9 Å². The van der Waals surface area contributed by atoms with Gasteiger partial charge in [0.15, 0.2) is 0 Å². The molecule has 0 radical (unpaired) electrons. The molecule has 0 amide bonds. The second-order valence-corrected chi connectivity index (χ2v) is 6.54. The van der Waals surface area contributed by atoms with Crippen molar-refractivity contribution in [2.45, 2.75) is 19.5 Å². The van der Waals surface area contributed by atoms with Gasteiger partial charge in [0.2, 0.25) is 5.95 Å². The molecule has 0 aliphatic rings. The van der Waals surface area contributed by atoms with Gasteiger partial charge in [0, 0.05) is 37.0 Å². The second kappa shape index (κ2) is 7.91. The molecule has 1 unspecified atom stereocenters. The zero-order valence-corrected chi connectivity index (χ0v) is 15.3. The predicted octanol–water partition coefficient (Wildman–Crippen LogP) is 4.72. The molecule has 0 fully saturated rings. The molecule has 0 saturated heterocycles. The number of rotatable bonds is 7. The summed E-state index contributed by atoms with van der Waals surface area (Å²) in [5.41, 5.74) is 2.47. The molecule has 0 saturated carbocycles. The highest BCUT2D eigenvalue weighted by Crippen LogP contribution is 2.18. The lowest BCUT2D eigenvalue weighted by molar-refractivity contribution is 0.752. The van der Waals surface area contributed by atoms with Crippen molar-refractivity contribution in [3.8, 4) is 0 Å². The van der Waals surface area contributed by atoms with Gasteiger partial charge in [-0.15, -0.1) is 0 Å². The molecule has 0 aliphatic heterocycles. The number of nitrogens with zero attached hydrogens (tertiary/aromatic N) is 3. The normalized spacial score (nSPS) is 12.0. The zero-order chi connectivity index (χ0) is 18.5. The van der Waals surface area contributed by atoms with Gasteiger partial charge in [0.1, 0.15) is 5.82 Å². The molecule has 0 spiro atoms. The van der Waals surface area contributed by atoms with Crippen LogP contribution in [-0.2, 0) is 6.54 Å². The van der Waals surface area contributed by atoms with Crippen molar-refractivity contribution in [2.75, 3.05) is 17.2 Å². The Labute approximate surface area is 159 Å². The van der Waals surface area contributed by atoms with Gasteiger partial charge in [0.05, 0.1) is 0 Å². The van der Waals surface area contributed by atoms with Gasteiger partial charge in [0.25, 0.3) is 0 Å². The summed E-state index contributed by atoms with van der Waals surface area (Å²) in [5, 5.41) is 8.01. The summed E-state index contributed by atoms with van der Waals surface area (Å²) in [6.07, 6.45) is 3.90. The summed E-state index contributed by atoms with van der Waals surface area (Å²) in [7, 11) is 0. The van der Waals surface area contributed by atoms with Crippen LogP contribution in [0.5, 0.6) is 0 Å². The van der Waals surface area contributed by atoms with Crippen LogP contribution in [0.15, 0.2) is 79.1 Å². The Hall–Kier alpha value is -3.34. The fourth-order valence-corrected chi connectivity index (χ4v) is 3.19. The molecule has 5 nitrogen and oxygen atoms in total. The van der Waals surface area contributed by atoms with E-state index in [2.05, 4.69) is 80.8 Å². The van der Waals surface area contributed by atoms with E-state index in [-0.39, 0.29) is 6.04 Å². The van der Waals surface area contributed by atoms with Gasteiger partial charge in [-0.25, -0.2) is 4.98 Å². The summed E-state index contributed by atoms with van der Waals surface area (Å²) in [6, 6.07) is 23.0. The van der Waals surface area contributed by atoms with Gasteiger partial charge in [-0.3, -0.25) is 0 Å². The second-order valence-electron chi connectivity index (χ2n) is 6.54. The van der Waals surface area contributed by atoms with Gasteiger partial charge in [-0.05, 0) is 36.1 Å². The molecular formula is C22H23N5. The van der Waals surface area contributed by atoms with Crippen molar-refractivity contribution in [3.05, 3.63) is 84.7 Å². The number of anilines is 2. The predicted molar refractivity (Wildman–Crippen MR) is 111 cm³/mol. The number of nitrogens with one attached hydrogen (secondary N) is 2. The minimum atomic E-state index is 0.181. The molecule has 0 aliphatic carbocycles. The lowest BCUT2D eigenvalue weighted by Gasteiger charge is -2.15. The van der Waals surface area contributed by atoms with Crippen molar-refractivity contribution >= 4 is 22.7 Å². The molecule has 0 bridgehead atoms. The molecule has 136 valence electrons. The molecule has 2 heterocycles. The van der Waals surface area contributed by atoms with E-state index in [1.54, 1.807) is 6.20 Å². The molecule has 2 aromatic carbocycles. The maximum absolute atomic E-state index is 4.58. The average molecular weight is 357 g/mol. The quantitative estimate of drug-likeness (QED) is 0.503. The van der Waals surface area contributed by atoms with Crippen LogP contribution >= 0.6 is 0 Å². The summed E-state index contributed by atoms with van der Waals surface area (Å²) in [6.45, 7) is 3.74. The highest BCUT2D eigenvalue weighted by atomic mass is 15.2. The molecule has 2 N–H and O–H groups in total. The van der Waals surface area contributed by atoms with Crippen molar-refractivity contribution in [1.29, 1.82) is 0 Å². The highest BCUT2D eigenvalue weighted by molar-refractivity contribution is 5.79. The van der Waals surface area contributed by atoms with Crippen LogP contribution in [0.3, 0.4) is 0 Å². The maximum atomic E-state index is 4.58. The van der Waals surface area contributed by atoms with E-state index in [0.29, 0.717) is 5.95 Å². The van der Waals surface area contributed by atoms with Crippen LogP contribution in [-0.4, -0.2) is 21.1 Å². The van der Waals surface area contributed by atoms with Crippen LogP contribution in [0.2, 0.25) is 0 Å². The number of hydrogen-bond acceptors (Lipinski definition) is 4. The van der Waals surface area contributed by atoms with Crippen molar-refractivity contribution < 1.29 is 0 Å². The number of para-hydroxylation sites is 1. The van der Waals surface area contributed by atoms with E-state index >= 15 is 0 Å². The Morgan fingerprint density at radius 3 is 2.67 bits per heavy atom. The Morgan fingerprint density at radius 1 is 0.963 bits per heavy atom. The van der Waals surface area contributed by atoms with E-state index in [1.165, 1.54) is 16.5 Å². The van der Waals surface area contributed by atoms with Gasteiger partial charge < -0.3 is 15.2 Å².